The fourth-order valence-corrected chi connectivity index (χ4v) is 2.91. The molecule has 0 radical (unpaired) electrons. The van der Waals surface area contributed by atoms with Crippen LogP contribution in [0.15, 0.2) is 12.1 Å². The number of nitrogen functional groups attached to an aromatic ring is 1. The first-order valence-corrected chi connectivity index (χ1v) is 7.55. The average Bonchev–Trinajstić information content (AvgIpc) is 2.96. The number of carbonyl (C=O) groups is 1. The number of hydrogen-bond donors (Lipinski definition) is 2. The van der Waals surface area contributed by atoms with Gasteiger partial charge in [0.2, 0.25) is 0 Å². The fraction of sp³-hybridized carbons (Fsp3) is 0.562. The smallest absolute Gasteiger partial charge is 0.340 e. The topological polar surface area (TPSA) is 64.3 Å². The van der Waals surface area contributed by atoms with Crippen LogP contribution in [0.25, 0.3) is 0 Å². The third-order valence-electron chi connectivity index (χ3n) is 4.12. The Balaban J connectivity index is 2.18. The monoisotopic (exact) mass is 294 g/mol. The summed E-state index contributed by atoms with van der Waals surface area (Å²) < 4.78 is 19.0. The Labute approximate surface area is 124 Å². The lowest BCUT2D eigenvalue weighted by molar-refractivity contribution is 0.0527. The molecule has 1 unspecified atom stereocenters. The normalized spacial score (nSPS) is 16.7. The third kappa shape index (κ3) is 3.65. The van der Waals surface area contributed by atoms with Crippen molar-refractivity contribution in [3.05, 3.63) is 23.5 Å². The van der Waals surface area contributed by atoms with Crippen LogP contribution in [0.2, 0.25) is 0 Å². The quantitative estimate of drug-likeness (QED) is 0.643. The second-order valence-corrected chi connectivity index (χ2v) is 5.62. The Hall–Kier alpha value is -1.78. The lowest BCUT2D eigenvalue weighted by atomic mass is 9.99. The summed E-state index contributed by atoms with van der Waals surface area (Å²) in [4.78, 5) is 11.8. The Morgan fingerprint density at radius 1 is 1.48 bits per heavy atom. The minimum Gasteiger partial charge on any atom is -0.462 e. The van der Waals surface area contributed by atoms with Gasteiger partial charge in [0, 0.05) is 11.7 Å². The number of nitrogens with one attached hydrogen (secondary N) is 1. The van der Waals surface area contributed by atoms with Crippen LogP contribution in [0.5, 0.6) is 0 Å². The standard InChI is InChI=1S/C16H23FN2O2/c1-3-21-16(20)12-8-15(13(17)9-14(12)18)19-10(2)11-6-4-5-7-11/h8-11,19H,3-7,18H2,1-2H3. The number of hydrogen-bond acceptors (Lipinski definition) is 4. The first-order chi connectivity index (χ1) is 10.0. The van der Waals surface area contributed by atoms with E-state index in [0.29, 0.717) is 11.6 Å². The zero-order valence-corrected chi connectivity index (χ0v) is 12.6. The molecule has 1 fully saturated rings. The van der Waals surface area contributed by atoms with Crippen LogP contribution < -0.4 is 11.1 Å². The Morgan fingerprint density at radius 2 is 2.14 bits per heavy atom. The van der Waals surface area contributed by atoms with Crippen molar-refractivity contribution >= 4 is 17.3 Å². The summed E-state index contributed by atoms with van der Waals surface area (Å²) in [7, 11) is 0. The molecule has 2 rings (SSSR count). The van der Waals surface area contributed by atoms with E-state index in [1.165, 1.54) is 25.0 Å². The number of anilines is 2. The summed E-state index contributed by atoms with van der Waals surface area (Å²) in [5.41, 5.74) is 6.33. The van der Waals surface area contributed by atoms with Crippen molar-refractivity contribution in [1.29, 1.82) is 0 Å². The first kappa shape index (κ1) is 15.6. The van der Waals surface area contributed by atoms with Gasteiger partial charge in [-0.2, -0.15) is 0 Å². The summed E-state index contributed by atoms with van der Waals surface area (Å²) in [5, 5.41) is 3.18. The minimum absolute atomic E-state index is 0.102. The summed E-state index contributed by atoms with van der Waals surface area (Å²) in [6, 6.07) is 2.80. The second kappa shape index (κ2) is 6.78. The van der Waals surface area contributed by atoms with Crippen molar-refractivity contribution in [1.82, 2.24) is 0 Å². The fourth-order valence-electron chi connectivity index (χ4n) is 2.91. The Kier molecular flexibility index (Phi) is 5.04. The van der Waals surface area contributed by atoms with Crippen molar-refractivity contribution in [3.63, 3.8) is 0 Å². The van der Waals surface area contributed by atoms with E-state index in [-0.39, 0.29) is 23.9 Å². The summed E-state index contributed by atoms with van der Waals surface area (Å²) in [6.07, 6.45) is 4.79. The highest BCUT2D eigenvalue weighted by atomic mass is 19.1. The molecule has 0 aromatic heterocycles. The molecule has 0 amide bonds. The van der Waals surface area contributed by atoms with Gasteiger partial charge in [0.15, 0.2) is 0 Å². The van der Waals surface area contributed by atoms with Crippen LogP contribution in [0.3, 0.4) is 0 Å². The maximum Gasteiger partial charge on any atom is 0.340 e. The van der Waals surface area contributed by atoms with Crippen molar-refractivity contribution in [2.45, 2.75) is 45.6 Å². The third-order valence-corrected chi connectivity index (χ3v) is 4.12. The van der Waals surface area contributed by atoms with Crippen LogP contribution >= 0.6 is 0 Å². The van der Waals surface area contributed by atoms with E-state index < -0.39 is 11.8 Å². The lowest BCUT2D eigenvalue weighted by Crippen LogP contribution is -2.24. The van der Waals surface area contributed by atoms with Crippen LogP contribution in [0.4, 0.5) is 15.8 Å². The molecule has 0 bridgehead atoms. The number of nitrogens with two attached hydrogens (primary N) is 1. The highest BCUT2D eigenvalue weighted by Crippen LogP contribution is 2.31. The molecule has 0 heterocycles. The van der Waals surface area contributed by atoms with Gasteiger partial charge in [-0.25, -0.2) is 9.18 Å². The number of ether oxygens (including phenoxy) is 1. The largest absolute Gasteiger partial charge is 0.462 e. The maximum atomic E-state index is 14.0. The van der Waals surface area contributed by atoms with Crippen molar-refractivity contribution in [2.75, 3.05) is 17.7 Å². The van der Waals surface area contributed by atoms with E-state index in [0.717, 1.165) is 12.8 Å². The number of esters is 1. The van der Waals surface area contributed by atoms with Crippen LogP contribution in [0, 0.1) is 11.7 Å². The number of carbonyl (C=O) groups excluding carboxylic acids is 1. The summed E-state index contributed by atoms with van der Waals surface area (Å²) in [5.74, 6) is -0.412. The number of halogens is 1. The van der Waals surface area contributed by atoms with Gasteiger partial charge in [0.1, 0.15) is 5.82 Å². The van der Waals surface area contributed by atoms with E-state index in [1.54, 1.807) is 6.92 Å². The minimum atomic E-state index is -0.522. The molecule has 4 nitrogen and oxygen atoms in total. The van der Waals surface area contributed by atoms with E-state index >= 15 is 0 Å². The van der Waals surface area contributed by atoms with Crippen molar-refractivity contribution in [3.8, 4) is 0 Å². The van der Waals surface area contributed by atoms with E-state index in [9.17, 15) is 9.18 Å². The SMILES string of the molecule is CCOC(=O)c1cc(NC(C)C2CCCC2)c(F)cc1N. The zero-order chi connectivity index (χ0) is 15.4. The second-order valence-electron chi connectivity index (χ2n) is 5.62. The van der Waals surface area contributed by atoms with Gasteiger partial charge in [-0.3, -0.25) is 0 Å². The van der Waals surface area contributed by atoms with Gasteiger partial charge in [0.25, 0.3) is 0 Å². The Morgan fingerprint density at radius 3 is 2.76 bits per heavy atom. The van der Waals surface area contributed by atoms with E-state index in [4.69, 9.17) is 10.5 Å². The molecule has 1 saturated carbocycles. The maximum absolute atomic E-state index is 14.0. The molecule has 1 aromatic carbocycles. The highest BCUT2D eigenvalue weighted by Gasteiger charge is 2.23. The molecular weight excluding hydrogens is 271 g/mol. The molecule has 1 aromatic rings. The van der Waals surface area contributed by atoms with Gasteiger partial charge >= 0.3 is 5.97 Å². The zero-order valence-electron chi connectivity index (χ0n) is 12.6. The molecule has 21 heavy (non-hydrogen) atoms. The van der Waals surface area contributed by atoms with Gasteiger partial charge in [-0.1, -0.05) is 12.8 Å². The highest BCUT2D eigenvalue weighted by molar-refractivity contribution is 5.96. The average molecular weight is 294 g/mol. The van der Waals surface area contributed by atoms with Crippen LogP contribution in [0.1, 0.15) is 49.9 Å². The predicted molar refractivity (Wildman–Crippen MR) is 81.8 cm³/mol. The van der Waals surface area contributed by atoms with Crippen molar-refractivity contribution in [2.24, 2.45) is 5.92 Å². The van der Waals surface area contributed by atoms with Gasteiger partial charge in [0.05, 0.1) is 17.9 Å². The van der Waals surface area contributed by atoms with Gasteiger partial charge in [-0.05, 0) is 44.7 Å². The Bertz CT molecular complexity index is 513. The molecule has 1 atom stereocenters. The summed E-state index contributed by atoms with van der Waals surface area (Å²) >= 11 is 0. The molecule has 0 saturated heterocycles. The predicted octanol–water partition coefficient (Wildman–Crippen LogP) is 3.58. The molecule has 116 valence electrons. The van der Waals surface area contributed by atoms with Gasteiger partial charge < -0.3 is 15.8 Å². The molecule has 5 heteroatoms. The lowest BCUT2D eigenvalue weighted by Gasteiger charge is -2.22. The molecule has 1 aliphatic carbocycles. The molecule has 1 aliphatic rings. The molecular formula is C16H23FN2O2. The number of rotatable bonds is 5. The molecule has 0 aliphatic heterocycles. The van der Waals surface area contributed by atoms with E-state index in [2.05, 4.69) is 12.2 Å². The van der Waals surface area contributed by atoms with Gasteiger partial charge in [-0.15, -0.1) is 0 Å². The summed E-state index contributed by atoms with van der Waals surface area (Å²) in [6.45, 7) is 4.03. The van der Waals surface area contributed by atoms with E-state index in [1.807, 2.05) is 0 Å². The molecule has 0 spiro atoms. The van der Waals surface area contributed by atoms with Crippen LogP contribution in [-0.4, -0.2) is 18.6 Å². The molecule has 3 N–H and O–H groups in total. The van der Waals surface area contributed by atoms with Crippen molar-refractivity contribution < 1.29 is 13.9 Å². The number of benzene rings is 1. The van der Waals surface area contributed by atoms with Crippen LogP contribution in [-0.2, 0) is 4.74 Å². The first-order valence-electron chi connectivity index (χ1n) is 7.55.